The molecule has 1 saturated heterocycles. The van der Waals surface area contributed by atoms with Crippen molar-refractivity contribution in [3.05, 3.63) is 0 Å². The Hall–Kier alpha value is -0.220. The lowest BCUT2D eigenvalue weighted by molar-refractivity contribution is -0.120. The summed E-state index contributed by atoms with van der Waals surface area (Å²) in [6, 6.07) is 0.347. The van der Waals surface area contributed by atoms with Gasteiger partial charge in [0, 0.05) is 11.8 Å². The molecule has 0 saturated carbocycles. The fraction of sp³-hybridized carbons (Fsp3) is 0.889. The lowest BCUT2D eigenvalue weighted by Gasteiger charge is -2.26. The molecule has 13 heavy (non-hydrogen) atoms. The van der Waals surface area contributed by atoms with Crippen molar-refractivity contribution < 1.29 is 4.79 Å². The van der Waals surface area contributed by atoms with Gasteiger partial charge in [-0.3, -0.25) is 4.79 Å². The van der Waals surface area contributed by atoms with Crippen molar-refractivity contribution in [2.45, 2.75) is 38.3 Å². The van der Waals surface area contributed by atoms with Crippen LogP contribution in [0.3, 0.4) is 0 Å². The Morgan fingerprint density at radius 3 is 3.00 bits per heavy atom. The van der Waals surface area contributed by atoms with E-state index in [0.29, 0.717) is 6.04 Å². The molecule has 1 amide bonds. The summed E-state index contributed by atoms with van der Waals surface area (Å²) in [7, 11) is 0. The summed E-state index contributed by atoms with van der Waals surface area (Å²) in [5.74, 6) is 2.15. The van der Waals surface area contributed by atoms with Crippen LogP contribution in [-0.4, -0.2) is 29.5 Å². The van der Waals surface area contributed by atoms with Crippen molar-refractivity contribution in [2.24, 2.45) is 5.73 Å². The summed E-state index contributed by atoms with van der Waals surface area (Å²) in [5.41, 5.74) is 5.26. The first kappa shape index (κ1) is 10.9. The zero-order chi connectivity index (χ0) is 9.68. The third-order valence-corrected chi connectivity index (χ3v) is 3.56. The van der Waals surface area contributed by atoms with Gasteiger partial charge in [-0.05, 0) is 25.0 Å². The zero-order valence-corrected chi connectivity index (χ0v) is 8.90. The smallest absolute Gasteiger partial charge is 0.234 e. The molecule has 2 atom stereocenters. The minimum Gasteiger partial charge on any atom is -0.368 e. The standard InChI is InChI=1S/C9H18N2OS/c1-2-8(9(10)12)11-7-4-3-5-13-6-7/h7-8,11H,2-6H2,1H3,(H2,10,12). The molecule has 76 valence electrons. The molecule has 0 spiro atoms. The molecule has 0 radical (unpaired) electrons. The Morgan fingerprint density at radius 2 is 2.54 bits per heavy atom. The number of nitrogens with two attached hydrogens (primary N) is 1. The molecule has 1 rings (SSSR count). The lowest BCUT2D eigenvalue weighted by atomic mass is 10.1. The highest BCUT2D eigenvalue weighted by Gasteiger charge is 2.19. The highest BCUT2D eigenvalue weighted by Crippen LogP contribution is 2.17. The first-order valence-corrected chi connectivity index (χ1v) is 6.02. The third kappa shape index (κ3) is 3.56. The van der Waals surface area contributed by atoms with E-state index in [1.165, 1.54) is 18.6 Å². The number of hydrogen-bond acceptors (Lipinski definition) is 3. The highest BCUT2D eigenvalue weighted by atomic mass is 32.2. The highest BCUT2D eigenvalue weighted by molar-refractivity contribution is 7.99. The first-order valence-electron chi connectivity index (χ1n) is 4.87. The predicted octanol–water partition coefficient (Wildman–Crippen LogP) is 0.735. The molecule has 2 unspecified atom stereocenters. The van der Waals surface area contributed by atoms with E-state index in [1.54, 1.807) is 0 Å². The van der Waals surface area contributed by atoms with Crippen LogP contribution in [0.25, 0.3) is 0 Å². The maximum absolute atomic E-state index is 11.0. The largest absolute Gasteiger partial charge is 0.368 e. The summed E-state index contributed by atoms with van der Waals surface area (Å²) in [6.07, 6.45) is 3.21. The lowest BCUT2D eigenvalue weighted by Crippen LogP contribution is -2.47. The number of thioether (sulfide) groups is 1. The van der Waals surface area contributed by atoms with Crippen molar-refractivity contribution in [1.82, 2.24) is 5.32 Å². The SMILES string of the molecule is CCC(NC1CCCSC1)C(N)=O. The van der Waals surface area contributed by atoms with Crippen molar-refractivity contribution in [2.75, 3.05) is 11.5 Å². The number of amides is 1. The monoisotopic (exact) mass is 202 g/mol. The fourth-order valence-corrected chi connectivity index (χ4v) is 2.64. The second kappa shape index (κ2) is 5.50. The minimum atomic E-state index is -0.224. The van der Waals surface area contributed by atoms with Gasteiger partial charge < -0.3 is 11.1 Å². The van der Waals surface area contributed by atoms with Gasteiger partial charge in [0.2, 0.25) is 5.91 Å². The van der Waals surface area contributed by atoms with Gasteiger partial charge in [-0.2, -0.15) is 11.8 Å². The molecule has 3 N–H and O–H groups in total. The Morgan fingerprint density at radius 1 is 1.77 bits per heavy atom. The molecule has 1 fully saturated rings. The molecule has 3 nitrogen and oxygen atoms in total. The second-order valence-electron chi connectivity index (χ2n) is 3.44. The molecule has 0 aromatic heterocycles. The molecule has 0 aliphatic carbocycles. The maximum Gasteiger partial charge on any atom is 0.234 e. The normalized spacial score (nSPS) is 25.5. The average molecular weight is 202 g/mol. The van der Waals surface area contributed by atoms with Gasteiger partial charge in [-0.25, -0.2) is 0 Å². The Kier molecular flexibility index (Phi) is 4.59. The Labute approximate surface area is 83.8 Å². The van der Waals surface area contributed by atoms with E-state index in [4.69, 9.17) is 5.73 Å². The number of primary amides is 1. The van der Waals surface area contributed by atoms with Gasteiger partial charge >= 0.3 is 0 Å². The number of nitrogens with one attached hydrogen (secondary N) is 1. The molecule has 4 heteroatoms. The second-order valence-corrected chi connectivity index (χ2v) is 4.59. The molecular weight excluding hydrogens is 184 g/mol. The quantitative estimate of drug-likeness (QED) is 0.707. The molecule has 0 aromatic carbocycles. The van der Waals surface area contributed by atoms with Gasteiger partial charge in [-0.1, -0.05) is 6.92 Å². The number of carbonyl (C=O) groups excluding carboxylic acids is 1. The van der Waals surface area contributed by atoms with Gasteiger partial charge in [0.1, 0.15) is 0 Å². The van der Waals surface area contributed by atoms with Crippen LogP contribution in [0, 0.1) is 0 Å². The molecule has 1 aliphatic heterocycles. The van der Waals surface area contributed by atoms with E-state index < -0.39 is 0 Å². The van der Waals surface area contributed by atoms with E-state index >= 15 is 0 Å². The van der Waals surface area contributed by atoms with Crippen molar-refractivity contribution in [3.63, 3.8) is 0 Å². The van der Waals surface area contributed by atoms with Crippen molar-refractivity contribution in [1.29, 1.82) is 0 Å². The molecule has 1 aliphatic rings. The molecule has 0 aromatic rings. The Balaban J connectivity index is 2.31. The Bertz CT molecular complexity index is 169. The number of rotatable bonds is 4. The van der Waals surface area contributed by atoms with E-state index in [1.807, 2.05) is 18.7 Å². The minimum absolute atomic E-state index is 0.135. The van der Waals surface area contributed by atoms with Gasteiger partial charge in [-0.15, -0.1) is 0 Å². The van der Waals surface area contributed by atoms with Crippen LogP contribution in [0.2, 0.25) is 0 Å². The third-order valence-electron chi connectivity index (χ3n) is 2.35. The van der Waals surface area contributed by atoms with Crippen molar-refractivity contribution >= 4 is 17.7 Å². The average Bonchev–Trinajstić information content (AvgIpc) is 2.15. The van der Waals surface area contributed by atoms with Crippen LogP contribution >= 0.6 is 11.8 Å². The predicted molar refractivity (Wildman–Crippen MR) is 56.8 cm³/mol. The van der Waals surface area contributed by atoms with Crippen LogP contribution < -0.4 is 11.1 Å². The van der Waals surface area contributed by atoms with E-state index in [9.17, 15) is 4.79 Å². The summed E-state index contributed by atoms with van der Waals surface area (Å²) >= 11 is 1.95. The van der Waals surface area contributed by atoms with Gasteiger partial charge in [0.25, 0.3) is 0 Å². The van der Waals surface area contributed by atoms with Crippen LogP contribution in [0.5, 0.6) is 0 Å². The zero-order valence-electron chi connectivity index (χ0n) is 8.08. The van der Waals surface area contributed by atoms with Crippen LogP contribution in [-0.2, 0) is 4.79 Å². The van der Waals surface area contributed by atoms with E-state index in [0.717, 1.165) is 12.2 Å². The molecular formula is C9H18N2OS. The van der Waals surface area contributed by atoms with Crippen molar-refractivity contribution in [3.8, 4) is 0 Å². The van der Waals surface area contributed by atoms with Crippen LogP contribution in [0.1, 0.15) is 26.2 Å². The molecule has 1 heterocycles. The summed E-state index contributed by atoms with van der Waals surface area (Å²) in [5, 5.41) is 3.31. The summed E-state index contributed by atoms with van der Waals surface area (Å²) in [4.78, 5) is 11.0. The van der Waals surface area contributed by atoms with Gasteiger partial charge in [0.05, 0.1) is 6.04 Å². The number of carbonyl (C=O) groups is 1. The molecule has 0 bridgehead atoms. The van der Waals surface area contributed by atoms with E-state index in [-0.39, 0.29) is 11.9 Å². The van der Waals surface area contributed by atoms with Crippen LogP contribution in [0.4, 0.5) is 0 Å². The fourth-order valence-electron chi connectivity index (χ4n) is 1.56. The van der Waals surface area contributed by atoms with Gasteiger partial charge in [0.15, 0.2) is 0 Å². The van der Waals surface area contributed by atoms with Crippen LogP contribution in [0.15, 0.2) is 0 Å². The summed E-state index contributed by atoms with van der Waals surface area (Å²) < 4.78 is 0. The maximum atomic E-state index is 11.0. The van der Waals surface area contributed by atoms with E-state index in [2.05, 4.69) is 5.32 Å². The number of hydrogen-bond donors (Lipinski definition) is 2. The first-order chi connectivity index (χ1) is 6.24. The topological polar surface area (TPSA) is 55.1 Å². The summed E-state index contributed by atoms with van der Waals surface area (Å²) in [6.45, 7) is 1.98.